The average Bonchev–Trinajstić information content (AvgIpc) is 3.47. The number of imide groups is 2. The highest BCUT2D eigenvalue weighted by Gasteiger charge is 2.49. The van der Waals surface area contributed by atoms with Crippen LogP contribution >= 0.6 is 15.9 Å². The number of amides is 4. The summed E-state index contributed by atoms with van der Waals surface area (Å²) in [4.78, 5) is 62.7. The first kappa shape index (κ1) is 23.9. The molecule has 1 saturated heterocycles. The van der Waals surface area contributed by atoms with E-state index in [1.165, 1.54) is 36.4 Å². The molecule has 3 fully saturated rings. The number of nitrogens with zero attached hydrogens (tertiary/aromatic N) is 2. The van der Waals surface area contributed by atoms with Gasteiger partial charge >= 0.3 is 12.0 Å². The van der Waals surface area contributed by atoms with Crippen molar-refractivity contribution in [1.29, 1.82) is 0 Å². The zero-order valence-electron chi connectivity index (χ0n) is 18.8. The minimum Gasteiger partial charge on any atom is -0.422 e. The molecule has 0 spiro atoms. The Kier molecular flexibility index (Phi) is 6.17. The number of carbonyl (C=O) groups is 4. The van der Waals surface area contributed by atoms with E-state index in [4.69, 9.17) is 4.74 Å². The number of urea groups is 1. The lowest BCUT2D eigenvalue weighted by Crippen LogP contribution is -2.58. The van der Waals surface area contributed by atoms with Crippen molar-refractivity contribution in [2.24, 2.45) is 11.8 Å². The number of rotatable bonds is 5. The van der Waals surface area contributed by atoms with Crippen LogP contribution in [0.4, 0.5) is 10.5 Å². The van der Waals surface area contributed by atoms with E-state index in [0.717, 1.165) is 30.6 Å². The molecule has 1 aliphatic heterocycles. The fraction of sp³-hybridized carbons (Fsp3) is 0.280. The lowest BCUT2D eigenvalue weighted by Gasteiger charge is -2.35. The number of nitro groups is 1. The second kappa shape index (κ2) is 9.30. The van der Waals surface area contributed by atoms with Gasteiger partial charge < -0.3 is 4.74 Å². The molecule has 5 rings (SSSR count). The maximum absolute atomic E-state index is 13.3. The third-order valence-electron chi connectivity index (χ3n) is 6.95. The third kappa shape index (κ3) is 4.41. The molecule has 2 aromatic carbocycles. The van der Waals surface area contributed by atoms with E-state index in [0.29, 0.717) is 10.4 Å². The van der Waals surface area contributed by atoms with Gasteiger partial charge in [-0.25, -0.2) is 9.59 Å². The number of ether oxygens (including phenoxy) is 1. The molecule has 2 aliphatic carbocycles. The van der Waals surface area contributed by atoms with Crippen LogP contribution in [-0.2, 0) is 9.59 Å². The fourth-order valence-electron chi connectivity index (χ4n) is 5.26. The molecule has 0 radical (unpaired) electrons. The Hall–Kier alpha value is -3.86. The fourth-order valence-corrected chi connectivity index (χ4v) is 5.64. The van der Waals surface area contributed by atoms with Gasteiger partial charge in [-0.3, -0.25) is 29.9 Å². The summed E-state index contributed by atoms with van der Waals surface area (Å²) in [5.41, 5.74) is -0.0535. The number of halogens is 1. The third-order valence-corrected chi connectivity index (χ3v) is 7.45. The molecule has 2 aromatic rings. The Bertz CT molecular complexity index is 1340. The summed E-state index contributed by atoms with van der Waals surface area (Å²) in [5, 5.41) is 13.1. The van der Waals surface area contributed by atoms with E-state index < -0.39 is 28.7 Å². The largest absolute Gasteiger partial charge is 0.422 e. The SMILES string of the molecule is O=C1NC(=O)N([C@H]2C[C@H]3CC[C@H]2C3)C(=O)/C1=C\c1cc(Br)ccc1OC(=O)c1ccc([N+](=O)[O-])cc1. The smallest absolute Gasteiger partial charge is 0.343 e. The molecule has 1 N–H and O–H groups in total. The second-order valence-corrected chi connectivity index (χ2v) is 10.0. The van der Waals surface area contributed by atoms with Gasteiger partial charge in [-0.1, -0.05) is 22.4 Å². The van der Waals surface area contributed by atoms with Crippen molar-refractivity contribution in [3.63, 3.8) is 0 Å². The highest BCUT2D eigenvalue weighted by molar-refractivity contribution is 9.10. The maximum Gasteiger partial charge on any atom is 0.343 e. The van der Waals surface area contributed by atoms with Gasteiger partial charge in [0.05, 0.1) is 10.5 Å². The van der Waals surface area contributed by atoms with Gasteiger partial charge in [-0.15, -0.1) is 0 Å². The molecular formula is C25H20BrN3O7. The van der Waals surface area contributed by atoms with Gasteiger partial charge in [-0.05, 0) is 67.5 Å². The molecule has 1 heterocycles. The lowest BCUT2D eigenvalue weighted by atomic mass is 9.93. The van der Waals surface area contributed by atoms with Crippen molar-refractivity contribution in [1.82, 2.24) is 10.2 Å². The number of esters is 1. The van der Waals surface area contributed by atoms with Gasteiger partial charge in [0.2, 0.25) is 0 Å². The normalized spacial score (nSPS) is 24.2. The van der Waals surface area contributed by atoms with Crippen LogP contribution in [0.5, 0.6) is 5.75 Å². The monoisotopic (exact) mass is 553 g/mol. The number of benzene rings is 2. The van der Waals surface area contributed by atoms with Gasteiger partial charge in [0.25, 0.3) is 17.5 Å². The summed E-state index contributed by atoms with van der Waals surface area (Å²) in [5.74, 6) is -1.47. The first-order valence-electron chi connectivity index (χ1n) is 11.4. The lowest BCUT2D eigenvalue weighted by molar-refractivity contribution is -0.384. The molecular weight excluding hydrogens is 534 g/mol. The molecule has 2 bridgehead atoms. The summed E-state index contributed by atoms with van der Waals surface area (Å²) < 4.78 is 6.09. The van der Waals surface area contributed by atoms with Crippen LogP contribution in [0.2, 0.25) is 0 Å². The number of barbiturate groups is 1. The maximum atomic E-state index is 13.3. The molecule has 11 heteroatoms. The number of nitrogens with one attached hydrogen (secondary N) is 1. The number of hydrogen-bond acceptors (Lipinski definition) is 7. The predicted octanol–water partition coefficient (Wildman–Crippen LogP) is 4.23. The summed E-state index contributed by atoms with van der Waals surface area (Å²) in [6, 6.07) is 8.65. The van der Waals surface area contributed by atoms with Crippen molar-refractivity contribution < 1.29 is 28.8 Å². The van der Waals surface area contributed by atoms with E-state index in [1.54, 1.807) is 12.1 Å². The van der Waals surface area contributed by atoms with E-state index in [2.05, 4.69) is 21.2 Å². The van der Waals surface area contributed by atoms with Crippen LogP contribution in [0.1, 0.15) is 41.6 Å². The van der Waals surface area contributed by atoms with Crippen molar-refractivity contribution in [2.45, 2.75) is 31.7 Å². The zero-order valence-corrected chi connectivity index (χ0v) is 20.4. The van der Waals surface area contributed by atoms with Crippen molar-refractivity contribution in [3.05, 3.63) is 73.8 Å². The summed E-state index contributed by atoms with van der Waals surface area (Å²) in [6.45, 7) is 0. The van der Waals surface area contributed by atoms with Crippen molar-refractivity contribution >= 4 is 51.5 Å². The van der Waals surface area contributed by atoms with E-state index >= 15 is 0 Å². The number of non-ortho nitro benzene ring substituents is 1. The standard InChI is InChI=1S/C25H20BrN3O7/c26-17-5-8-21(36-24(32)14-3-6-18(7-4-14)29(34)35)16(11-17)12-19-22(30)27-25(33)28(23(19)31)20-10-13-1-2-15(20)9-13/h3-8,11-13,15,20H,1-2,9-10H2,(H,27,30,33)/b19-12-/t13-,15-,20-/m0/s1. The van der Waals surface area contributed by atoms with Gasteiger partial charge in [0, 0.05) is 28.2 Å². The van der Waals surface area contributed by atoms with E-state index in [-0.39, 0.29) is 40.1 Å². The number of hydrogen-bond donors (Lipinski definition) is 1. The van der Waals surface area contributed by atoms with Crippen molar-refractivity contribution in [2.75, 3.05) is 0 Å². The Morgan fingerprint density at radius 3 is 2.50 bits per heavy atom. The summed E-state index contributed by atoms with van der Waals surface area (Å²) in [6.07, 6.45) is 5.05. The number of nitro benzene ring substituents is 1. The van der Waals surface area contributed by atoms with Crippen LogP contribution < -0.4 is 10.1 Å². The molecule has 3 aliphatic rings. The molecule has 10 nitrogen and oxygen atoms in total. The average molecular weight is 554 g/mol. The molecule has 0 aromatic heterocycles. The van der Waals surface area contributed by atoms with E-state index in [1.807, 2.05) is 0 Å². The van der Waals surface area contributed by atoms with E-state index in [9.17, 15) is 29.3 Å². The summed E-state index contributed by atoms with van der Waals surface area (Å²) in [7, 11) is 0. The molecule has 36 heavy (non-hydrogen) atoms. The number of carbonyl (C=O) groups excluding carboxylic acids is 4. The van der Waals surface area contributed by atoms with Gasteiger partial charge in [0.15, 0.2) is 0 Å². The predicted molar refractivity (Wildman–Crippen MR) is 130 cm³/mol. The topological polar surface area (TPSA) is 136 Å². The minimum absolute atomic E-state index is 0.0676. The van der Waals surface area contributed by atoms with Gasteiger partial charge in [0.1, 0.15) is 11.3 Å². The Labute approximate surface area is 213 Å². The molecule has 3 atom stereocenters. The molecule has 0 unspecified atom stereocenters. The Morgan fingerprint density at radius 2 is 1.86 bits per heavy atom. The van der Waals surface area contributed by atoms with Crippen molar-refractivity contribution in [3.8, 4) is 5.75 Å². The highest BCUT2D eigenvalue weighted by Crippen LogP contribution is 2.47. The van der Waals surface area contributed by atoms with Crippen LogP contribution in [0, 0.1) is 22.0 Å². The van der Waals surface area contributed by atoms with Gasteiger partial charge in [-0.2, -0.15) is 0 Å². The molecule has 4 amide bonds. The second-order valence-electron chi connectivity index (χ2n) is 9.11. The Morgan fingerprint density at radius 1 is 1.11 bits per heavy atom. The molecule has 184 valence electrons. The zero-order chi connectivity index (χ0) is 25.6. The van der Waals surface area contributed by atoms with Crippen LogP contribution in [0.3, 0.4) is 0 Å². The van der Waals surface area contributed by atoms with Crippen LogP contribution in [-0.4, -0.2) is 39.7 Å². The molecule has 2 saturated carbocycles. The first-order chi connectivity index (χ1) is 17.2. The van der Waals surface area contributed by atoms with Crippen LogP contribution in [0.25, 0.3) is 6.08 Å². The van der Waals surface area contributed by atoms with Crippen LogP contribution in [0.15, 0.2) is 52.5 Å². The minimum atomic E-state index is -0.822. The summed E-state index contributed by atoms with van der Waals surface area (Å²) >= 11 is 3.34. The Balaban J connectivity index is 1.43. The quantitative estimate of drug-likeness (QED) is 0.146. The number of fused-ring (bicyclic) bond motifs is 2. The first-order valence-corrected chi connectivity index (χ1v) is 12.2. The highest BCUT2D eigenvalue weighted by atomic mass is 79.9.